The number of carbonyl (C=O) groups is 1. The summed E-state index contributed by atoms with van der Waals surface area (Å²) in [4.78, 5) is 24.2. The molecule has 1 amide bonds. The van der Waals surface area contributed by atoms with Crippen LogP contribution >= 0.6 is 15.9 Å². The number of rotatable bonds is 7. The Bertz CT molecular complexity index is 1160. The van der Waals surface area contributed by atoms with Gasteiger partial charge in [-0.05, 0) is 47.2 Å². The normalized spacial score (nSPS) is 11.6. The second kappa shape index (κ2) is 8.30. The van der Waals surface area contributed by atoms with Crippen LogP contribution < -0.4 is 5.32 Å². The number of fused-ring (bicyclic) bond motifs is 2. The van der Waals surface area contributed by atoms with E-state index in [1.807, 2.05) is 28.8 Å². The lowest BCUT2D eigenvalue weighted by molar-refractivity contribution is 0.102. The van der Waals surface area contributed by atoms with Crippen molar-refractivity contribution in [2.24, 2.45) is 0 Å². The van der Waals surface area contributed by atoms with Gasteiger partial charge in [0, 0.05) is 25.5 Å². The molecule has 4 rings (SSSR count). The molecule has 3 heterocycles. The standard InChI is InChI=1S/C20H22BrN7O/c1-3-26(4-2)12-13-27-15-9-6-5-8-14(15)23-20(27)24-19(29)17-16(21)18-22-10-7-11-28(18)25-17/h5-11H,3-4,12-13H2,1-2H3,(H,23,24,29). The molecule has 0 fully saturated rings. The molecule has 29 heavy (non-hydrogen) atoms. The Morgan fingerprint density at radius 2 is 2.00 bits per heavy atom. The molecular formula is C20H22BrN7O. The molecular weight excluding hydrogens is 434 g/mol. The number of amides is 1. The lowest BCUT2D eigenvalue weighted by Crippen LogP contribution is -2.27. The fourth-order valence-electron chi connectivity index (χ4n) is 3.34. The molecule has 0 radical (unpaired) electrons. The van der Waals surface area contributed by atoms with Crippen LogP contribution in [0.3, 0.4) is 0 Å². The largest absolute Gasteiger partial charge is 0.309 e. The van der Waals surface area contributed by atoms with Gasteiger partial charge in [-0.25, -0.2) is 14.5 Å². The van der Waals surface area contributed by atoms with Crippen molar-refractivity contribution in [3.63, 3.8) is 0 Å². The predicted octanol–water partition coefficient (Wildman–Crippen LogP) is 3.44. The maximum atomic E-state index is 13.0. The molecule has 0 saturated carbocycles. The molecule has 8 nitrogen and oxygen atoms in total. The van der Waals surface area contributed by atoms with Gasteiger partial charge in [0.15, 0.2) is 11.3 Å². The third-order valence-corrected chi connectivity index (χ3v) is 5.70. The van der Waals surface area contributed by atoms with Crippen LogP contribution in [-0.2, 0) is 6.54 Å². The van der Waals surface area contributed by atoms with Crippen LogP contribution in [-0.4, -0.2) is 54.6 Å². The number of hydrogen-bond donors (Lipinski definition) is 1. The summed E-state index contributed by atoms with van der Waals surface area (Å²) in [5.74, 6) is 0.182. The first kappa shape index (κ1) is 19.5. The van der Waals surface area contributed by atoms with Crippen LogP contribution in [0.25, 0.3) is 16.7 Å². The number of nitrogens with zero attached hydrogens (tertiary/aromatic N) is 6. The van der Waals surface area contributed by atoms with Gasteiger partial charge in [-0.3, -0.25) is 10.1 Å². The number of benzene rings is 1. The summed E-state index contributed by atoms with van der Waals surface area (Å²) >= 11 is 3.45. The van der Waals surface area contributed by atoms with E-state index in [1.54, 1.807) is 23.0 Å². The highest BCUT2D eigenvalue weighted by Crippen LogP contribution is 2.23. The second-order valence-corrected chi connectivity index (χ2v) is 7.40. The molecule has 0 saturated heterocycles. The molecule has 0 spiro atoms. The van der Waals surface area contributed by atoms with Crippen molar-refractivity contribution in [1.29, 1.82) is 0 Å². The van der Waals surface area contributed by atoms with E-state index in [9.17, 15) is 4.79 Å². The molecule has 0 aliphatic rings. The molecule has 150 valence electrons. The highest BCUT2D eigenvalue weighted by Gasteiger charge is 2.21. The number of carbonyl (C=O) groups excluding carboxylic acids is 1. The van der Waals surface area contributed by atoms with Crippen LogP contribution in [0.5, 0.6) is 0 Å². The Morgan fingerprint density at radius 1 is 1.21 bits per heavy atom. The van der Waals surface area contributed by atoms with Crippen LogP contribution in [0.15, 0.2) is 47.2 Å². The fourth-order valence-corrected chi connectivity index (χ4v) is 3.89. The van der Waals surface area contributed by atoms with Crippen LogP contribution in [0, 0.1) is 0 Å². The van der Waals surface area contributed by atoms with E-state index in [1.165, 1.54) is 0 Å². The van der Waals surface area contributed by atoms with Crippen LogP contribution in [0.1, 0.15) is 24.3 Å². The summed E-state index contributed by atoms with van der Waals surface area (Å²) in [5, 5.41) is 7.28. The molecule has 1 N–H and O–H groups in total. The van der Waals surface area contributed by atoms with E-state index in [0.29, 0.717) is 16.1 Å². The van der Waals surface area contributed by atoms with Crippen molar-refractivity contribution in [2.45, 2.75) is 20.4 Å². The first-order chi connectivity index (χ1) is 14.1. The Kier molecular flexibility index (Phi) is 5.59. The first-order valence-electron chi connectivity index (χ1n) is 9.60. The summed E-state index contributed by atoms with van der Waals surface area (Å²) in [6, 6.07) is 9.66. The maximum Gasteiger partial charge on any atom is 0.279 e. The average molecular weight is 456 g/mol. The Labute approximate surface area is 176 Å². The van der Waals surface area contributed by atoms with Gasteiger partial charge in [-0.1, -0.05) is 26.0 Å². The predicted molar refractivity (Wildman–Crippen MR) is 116 cm³/mol. The molecule has 3 aromatic heterocycles. The number of nitrogens with one attached hydrogen (secondary N) is 1. The SMILES string of the molecule is CCN(CC)CCn1c(NC(=O)c2nn3cccnc3c2Br)nc2ccccc21. The molecule has 0 bridgehead atoms. The van der Waals surface area contributed by atoms with Crippen LogP contribution in [0.4, 0.5) is 5.95 Å². The van der Waals surface area contributed by atoms with Gasteiger partial charge in [-0.2, -0.15) is 5.10 Å². The van der Waals surface area contributed by atoms with Crippen molar-refractivity contribution < 1.29 is 4.79 Å². The van der Waals surface area contributed by atoms with E-state index in [0.717, 1.165) is 37.2 Å². The highest BCUT2D eigenvalue weighted by molar-refractivity contribution is 9.10. The number of hydrogen-bond acceptors (Lipinski definition) is 5. The van der Waals surface area contributed by atoms with Gasteiger partial charge in [0.05, 0.1) is 15.5 Å². The van der Waals surface area contributed by atoms with Crippen LogP contribution in [0.2, 0.25) is 0 Å². The second-order valence-electron chi connectivity index (χ2n) is 6.61. The zero-order chi connectivity index (χ0) is 20.4. The molecule has 0 unspecified atom stereocenters. The van der Waals surface area contributed by atoms with E-state index in [4.69, 9.17) is 0 Å². The quantitative estimate of drug-likeness (QED) is 0.461. The lowest BCUT2D eigenvalue weighted by Gasteiger charge is -2.19. The van der Waals surface area contributed by atoms with E-state index in [2.05, 4.69) is 55.1 Å². The van der Waals surface area contributed by atoms with Gasteiger partial charge >= 0.3 is 0 Å². The molecule has 0 atom stereocenters. The minimum Gasteiger partial charge on any atom is -0.309 e. The van der Waals surface area contributed by atoms with Crippen molar-refractivity contribution in [2.75, 3.05) is 25.0 Å². The van der Waals surface area contributed by atoms with Gasteiger partial charge in [0.1, 0.15) is 0 Å². The number of aromatic nitrogens is 5. The van der Waals surface area contributed by atoms with Gasteiger partial charge in [0.25, 0.3) is 5.91 Å². The maximum absolute atomic E-state index is 13.0. The van der Waals surface area contributed by atoms with Gasteiger partial charge in [-0.15, -0.1) is 0 Å². The van der Waals surface area contributed by atoms with E-state index < -0.39 is 0 Å². The molecule has 0 aliphatic carbocycles. The van der Waals surface area contributed by atoms with Crippen molar-refractivity contribution in [1.82, 2.24) is 29.0 Å². The molecule has 1 aromatic carbocycles. The number of halogens is 1. The Hall–Kier alpha value is -2.78. The molecule has 0 aliphatic heterocycles. The number of para-hydroxylation sites is 2. The summed E-state index contributed by atoms with van der Waals surface area (Å²) < 4.78 is 4.18. The Balaban J connectivity index is 1.66. The number of likely N-dealkylation sites (N-methyl/N-ethyl adjacent to an activating group) is 1. The third kappa shape index (κ3) is 3.75. The number of anilines is 1. The molecule has 4 aromatic rings. The lowest BCUT2D eigenvalue weighted by atomic mass is 10.3. The van der Waals surface area contributed by atoms with Crippen molar-refractivity contribution >= 4 is 44.5 Å². The zero-order valence-corrected chi connectivity index (χ0v) is 17.9. The van der Waals surface area contributed by atoms with Gasteiger partial charge < -0.3 is 9.47 Å². The first-order valence-corrected chi connectivity index (χ1v) is 10.4. The summed E-state index contributed by atoms with van der Waals surface area (Å²) in [7, 11) is 0. The van der Waals surface area contributed by atoms with Crippen molar-refractivity contribution in [3.8, 4) is 0 Å². The molecule has 9 heteroatoms. The van der Waals surface area contributed by atoms with Gasteiger partial charge in [0.2, 0.25) is 5.95 Å². The summed E-state index contributed by atoms with van der Waals surface area (Å²) in [6.07, 6.45) is 3.42. The summed E-state index contributed by atoms with van der Waals surface area (Å²) in [5.41, 5.74) is 2.70. The smallest absolute Gasteiger partial charge is 0.279 e. The number of imidazole rings is 1. The Morgan fingerprint density at radius 3 is 2.76 bits per heavy atom. The van der Waals surface area contributed by atoms with E-state index >= 15 is 0 Å². The minimum atomic E-state index is -0.332. The zero-order valence-electron chi connectivity index (χ0n) is 16.3. The minimum absolute atomic E-state index is 0.269. The fraction of sp³-hybridized carbons (Fsp3) is 0.300. The van der Waals surface area contributed by atoms with E-state index in [-0.39, 0.29) is 11.6 Å². The highest BCUT2D eigenvalue weighted by atomic mass is 79.9. The van der Waals surface area contributed by atoms with Crippen molar-refractivity contribution in [3.05, 3.63) is 52.9 Å². The topological polar surface area (TPSA) is 80.3 Å². The third-order valence-electron chi connectivity index (χ3n) is 4.97. The summed E-state index contributed by atoms with van der Waals surface area (Å²) in [6.45, 7) is 7.85. The average Bonchev–Trinajstić information content (AvgIpc) is 3.26. The monoisotopic (exact) mass is 455 g/mol.